The van der Waals surface area contributed by atoms with Gasteiger partial charge in [0.2, 0.25) is 18.4 Å². The van der Waals surface area contributed by atoms with Crippen LogP contribution in [0.1, 0.15) is 50.5 Å². The zero-order valence-electron chi connectivity index (χ0n) is 25.8. The molecule has 4 rings (SSSR count). The largest absolute Gasteiger partial charge is 0.493 e. The van der Waals surface area contributed by atoms with E-state index in [1.54, 1.807) is 13.3 Å². The summed E-state index contributed by atoms with van der Waals surface area (Å²) in [4.78, 5) is 30.7. The van der Waals surface area contributed by atoms with Crippen molar-refractivity contribution >= 4 is 11.9 Å². The van der Waals surface area contributed by atoms with Crippen LogP contribution in [0, 0.1) is 5.92 Å². The third-order valence-electron chi connectivity index (χ3n) is 8.34. The van der Waals surface area contributed by atoms with Gasteiger partial charge in [0.25, 0.3) is 0 Å². The molecule has 1 N–H and O–H groups in total. The highest BCUT2D eigenvalue weighted by atomic mass is 16.7. The minimum atomic E-state index is -0.875. The number of aryl methyl sites for hydroxylation is 1. The molecular weight excluding hydrogens is 538 g/mol. The Balaban J connectivity index is 1.57. The predicted octanol–water partition coefficient (Wildman–Crippen LogP) is 3.29. The maximum absolute atomic E-state index is 13.8. The van der Waals surface area contributed by atoms with E-state index in [4.69, 9.17) is 14.2 Å². The van der Waals surface area contributed by atoms with Crippen molar-refractivity contribution in [1.82, 2.24) is 19.6 Å². The second kappa shape index (κ2) is 14.2. The lowest BCUT2D eigenvalue weighted by atomic mass is 9.84. The fourth-order valence-corrected chi connectivity index (χ4v) is 6.12. The van der Waals surface area contributed by atoms with Gasteiger partial charge in [-0.3, -0.25) is 19.2 Å². The molecule has 232 valence electrons. The summed E-state index contributed by atoms with van der Waals surface area (Å²) in [6, 6.07) is 5.23. The van der Waals surface area contributed by atoms with E-state index >= 15 is 0 Å². The summed E-state index contributed by atoms with van der Waals surface area (Å²) in [6.07, 6.45) is 8.10. The summed E-state index contributed by atoms with van der Waals surface area (Å²) in [7, 11) is 8.11. The molecule has 42 heavy (non-hydrogen) atoms. The molecule has 1 amide bonds. The molecule has 0 bridgehead atoms. The van der Waals surface area contributed by atoms with Gasteiger partial charge in [-0.05, 0) is 49.4 Å². The molecule has 2 aromatic rings. The van der Waals surface area contributed by atoms with E-state index in [0.29, 0.717) is 36.8 Å². The number of likely N-dealkylation sites (tertiary alicyclic amines) is 1. The number of hydrogen-bond donors (Lipinski definition) is 1. The van der Waals surface area contributed by atoms with Crippen LogP contribution >= 0.6 is 0 Å². The van der Waals surface area contributed by atoms with Crippen molar-refractivity contribution in [3.8, 4) is 17.2 Å². The summed E-state index contributed by atoms with van der Waals surface area (Å²) in [5, 5.41) is 14.9. The number of methoxy groups -OCH3 is 1. The second-order valence-electron chi connectivity index (χ2n) is 12.4. The second-order valence-corrected chi connectivity index (χ2v) is 12.4. The van der Waals surface area contributed by atoms with E-state index < -0.39 is 11.9 Å². The number of rotatable bonds is 16. The van der Waals surface area contributed by atoms with Crippen LogP contribution in [-0.4, -0.2) is 115 Å². The Morgan fingerprint density at radius 1 is 1.17 bits per heavy atom. The first-order valence-electron chi connectivity index (χ1n) is 15.1. The first-order valence-corrected chi connectivity index (χ1v) is 15.1. The number of carbonyl (C=O) groups excluding carboxylic acids is 1. The van der Waals surface area contributed by atoms with Crippen molar-refractivity contribution in [2.45, 2.75) is 57.5 Å². The van der Waals surface area contributed by atoms with Crippen molar-refractivity contribution in [1.29, 1.82) is 0 Å². The molecule has 0 aliphatic carbocycles. The molecule has 0 radical (unpaired) electrons. The van der Waals surface area contributed by atoms with Crippen LogP contribution in [0.5, 0.6) is 17.2 Å². The standard InChI is InChI=1S/C31H47N5O6/c1-6-7-13-33(14-8-9-17-36(2,3)4)28(37)21-34-20-24(23-18-26(40-5)30-27(19-23)41-22-42-30)29(31(38)39)25(34)11-16-35-15-10-12-32-35/h10,12,15,18-19,24-25,29H,6-9,11,13-14,16-17,20-22H2,1-5H3/p+1/t24-,25+,29?/m1/s1. The first-order chi connectivity index (χ1) is 20.1. The van der Waals surface area contributed by atoms with Gasteiger partial charge in [-0.15, -0.1) is 0 Å². The topological polar surface area (TPSA) is 106 Å². The highest BCUT2D eigenvalue weighted by Gasteiger charge is 2.47. The van der Waals surface area contributed by atoms with E-state index in [1.807, 2.05) is 34.0 Å². The molecule has 11 nitrogen and oxygen atoms in total. The lowest BCUT2D eigenvalue weighted by Crippen LogP contribution is -2.45. The number of carboxylic acid groups (broad SMARTS) is 1. The van der Waals surface area contributed by atoms with E-state index in [-0.39, 0.29) is 31.2 Å². The summed E-state index contributed by atoms with van der Waals surface area (Å²) in [6.45, 7) is 5.91. The number of aromatic nitrogens is 2. The zero-order chi connectivity index (χ0) is 30.3. The lowest BCUT2D eigenvalue weighted by molar-refractivity contribution is -0.870. The third-order valence-corrected chi connectivity index (χ3v) is 8.34. The molecule has 1 unspecified atom stereocenters. The fraction of sp³-hybridized carbons (Fsp3) is 0.645. The minimum absolute atomic E-state index is 0.0610. The number of ether oxygens (including phenoxy) is 3. The van der Waals surface area contributed by atoms with Crippen molar-refractivity contribution in [3.05, 3.63) is 36.2 Å². The minimum Gasteiger partial charge on any atom is -0.493 e. The Morgan fingerprint density at radius 3 is 2.62 bits per heavy atom. The Hall–Kier alpha value is -3.31. The summed E-state index contributed by atoms with van der Waals surface area (Å²) < 4.78 is 19.5. The van der Waals surface area contributed by atoms with Crippen LogP contribution in [-0.2, 0) is 16.1 Å². The number of carbonyl (C=O) groups is 2. The number of carboxylic acids is 1. The average molecular weight is 587 g/mol. The summed E-state index contributed by atoms with van der Waals surface area (Å²) in [5.41, 5.74) is 0.811. The maximum atomic E-state index is 13.8. The van der Waals surface area contributed by atoms with Gasteiger partial charge in [0.1, 0.15) is 0 Å². The highest BCUT2D eigenvalue weighted by Crippen LogP contribution is 2.47. The number of fused-ring (bicyclic) bond motifs is 1. The molecule has 3 atom stereocenters. The van der Waals surface area contributed by atoms with Gasteiger partial charge in [-0.1, -0.05) is 13.3 Å². The fourth-order valence-electron chi connectivity index (χ4n) is 6.12. The molecule has 1 aromatic carbocycles. The van der Waals surface area contributed by atoms with Crippen molar-refractivity contribution in [2.24, 2.45) is 5.92 Å². The number of amides is 1. The van der Waals surface area contributed by atoms with Crippen LogP contribution in [0.25, 0.3) is 0 Å². The zero-order valence-corrected chi connectivity index (χ0v) is 25.8. The van der Waals surface area contributed by atoms with Gasteiger partial charge in [0, 0.05) is 50.5 Å². The van der Waals surface area contributed by atoms with Gasteiger partial charge < -0.3 is 28.7 Å². The van der Waals surface area contributed by atoms with Gasteiger partial charge >= 0.3 is 5.97 Å². The van der Waals surface area contributed by atoms with Crippen LogP contribution in [0.2, 0.25) is 0 Å². The predicted molar refractivity (Wildman–Crippen MR) is 159 cm³/mol. The molecule has 2 aliphatic rings. The monoisotopic (exact) mass is 586 g/mol. The molecule has 11 heteroatoms. The molecule has 0 spiro atoms. The third kappa shape index (κ3) is 7.95. The van der Waals surface area contributed by atoms with Gasteiger partial charge in [-0.25, -0.2) is 0 Å². The van der Waals surface area contributed by atoms with Crippen LogP contribution in [0.4, 0.5) is 0 Å². The number of hydrogen-bond acceptors (Lipinski definition) is 7. The summed E-state index contributed by atoms with van der Waals surface area (Å²) in [5.74, 6) is -0.277. The SMILES string of the molecule is CCCCN(CCCC[N+](C)(C)C)C(=O)CN1C[C@H](c2cc(OC)c3c(c2)OCO3)C(C(=O)O)[C@@H]1CCn1cccn1. The van der Waals surface area contributed by atoms with Gasteiger partial charge in [-0.2, -0.15) is 5.10 Å². The Bertz CT molecular complexity index is 1180. The van der Waals surface area contributed by atoms with Crippen molar-refractivity contribution in [3.63, 3.8) is 0 Å². The van der Waals surface area contributed by atoms with Crippen LogP contribution < -0.4 is 14.2 Å². The molecule has 1 fully saturated rings. The highest BCUT2D eigenvalue weighted by molar-refractivity contribution is 5.79. The molecular formula is C31H48N5O6+. The van der Waals surface area contributed by atoms with E-state index in [2.05, 4.69) is 38.1 Å². The van der Waals surface area contributed by atoms with Crippen molar-refractivity contribution < 1.29 is 33.4 Å². The first kappa shape index (κ1) is 31.6. The molecule has 3 heterocycles. The molecule has 2 aliphatic heterocycles. The number of benzene rings is 1. The van der Waals surface area contributed by atoms with Crippen molar-refractivity contribution in [2.75, 3.05) is 67.8 Å². The Morgan fingerprint density at radius 2 is 1.95 bits per heavy atom. The lowest BCUT2D eigenvalue weighted by Gasteiger charge is -2.30. The van der Waals surface area contributed by atoms with Crippen LogP contribution in [0.3, 0.4) is 0 Å². The number of unbranched alkanes of at least 4 members (excludes halogenated alkanes) is 2. The number of aliphatic carboxylic acids is 1. The Labute approximate surface area is 249 Å². The van der Waals surface area contributed by atoms with Gasteiger partial charge in [0.15, 0.2) is 11.5 Å². The number of quaternary nitrogens is 1. The maximum Gasteiger partial charge on any atom is 0.308 e. The van der Waals surface area contributed by atoms with Crippen LogP contribution in [0.15, 0.2) is 30.6 Å². The molecule has 1 saturated heterocycles. The molecule has 1 aromatic heterocycles. The normalized spacial score (nSPS) is 20.2. The summed E-state index contributed by atoms with van der Waals surface area (Å²) >= 11 is 0. The average Bonchev–Trinajstić information content (AvgIpc) is 3.70. The smallest absolute Gasteiger partial charge is 0.308 e. The van der Waals surface area contributed by atoms with E-state index in [9.17, 15) is 14.7 Å². The Kier molecular flexibility index (Phi) is 10.7. The quantitative estimate of drug-likeness (QED) is 0.236. The van der Waals surface area contributed by atoms with Gasteiger partial charge in [0.05, 0.1) is 47.3 Å². The van der Waals surface area contributed by atoms with E-state index in [0.717, 1.165) is 55.4 Å². The molecule has 0 saturated carbocycles. The van der Waals surface area contributed by atoms with E-state index in [1.165, 1.54) is 0 Å². The number of nitrogens with zero attached hydrogens (tertiary/aromatic N) is 5.